The van der Waals surface area contributed by atoms with Gasteiger partial charge in [-0.3, -0.25) is 0 Å². The number of hydrogen-bond acceptors (Lipinski definition) is 6. The molecule has 0 saturated heterocycles. The monoisotopic (exact) mass is 407 g/mol. The lowest BCUT2D eigenvalue weighted by Crippen LogP contribution is -2.42. The lowest BCUT2D eigenvalue weighted by Gasteiger charge is -2.21. The van der Waals surface area contributed by atoms with Crippen LogP contribution in [0.3, 0.4) is 0 Å². The van der Waals surface area contributed by atoms with Crippen LogP contribution in [-0.4, -0.2) is 53.7 Å². The number of aromatic nitrogens is 2. The minimum atomic E-state index is -0.816. The van der Waals surface area contributed by atoms with E-state index in [0.29, 0.717) is 18.5 Å². The molecule has 30 heavy (non-hydrogen) atoms. The van der Waals surface area contributed by atoms with Crippen molar-refractivity contribution < 1.29 is 14.3 Å². The number of hydrogen-bond donors (Lipinski definition) is 2. The summed E-state index contributed by atoms with van der Waals surface area (Å²) < 4.78 is 6.99. The van der Waals surface area contributed by atoms with Crippen LogP contribution >= 0.6 is 0 Å². The van der Waals surface area contributed by atoms with Crippen LogP contribution in [0.4, 0.5) is 4.79 Å². The maximum Gasteiger partial charge on any atom is 0.342 e. The standard InChI is InChI=1S/C22H25N5O3/c1-26(2)20-13-23-10-6-9-21(20)30-16-19(15-28)25-22(29)27-14-18(12-24-27)11-17-7-4-3-5-8-17/h3-10,12-15,19,23H,11,16H2,1-2H3,(H,25,29)/t19-/m1/s1. The zero-order valence-corrected chi connectivity index (χ0v) is 17.0. The van der Waals surface area contributed by atoms with E-state index in [9.17, 15) is 9.59 Å². The fourth-order valence-electron chi connectivity index (χ4n) is 2.86. The highest BCUT2D eigenvalue weighted by Crippen LogP contribution is 2.15. The Balaban J connectivity index is 1.58. The molecule has 0 aliphatic carbocycles. The molecule has 8 nitrogen and oxygen atoms in total. The van der Waals surface area contributed by atoms with Gasteiger partial charge >= 0.3 is 6.03 Å². The van der Waals surface area contributed by atoms with Gasteiger partial charge in [0.15, 0.2) is 0 Å². The first-order chi connectivity index (χ1) is 14.6. The van der Waals surface area contributed by atoms with E-state index in [1.807, 2.05) is 49.3 Å². The van der Waals surface area contributed by atoms with Crippen molar-refractivity contribution in [2.45, 2.75) is 12.5 Å². The van der Waals surface area contributed by atoms with E-state index in [4.69, 9.17) is 4.74 Å². The lowest BCUT2D eigenvalue weighted by atomic mass is 10.1. The first-order valence-electron chi connectivity index (χ1n) is 9.54. The number of carbonyl (C=O) groups excluding carboxylic acids is 2. The normalized spacial score (nSPS) is 13.9. The number of carbonyl (C=O) groups is 2. The molecule has 3 rings (SSSR count). The largest absolute Gasteiger partial charge is 0.489 e. The molecule has 2 heterocycles. The van der Waals surface area contributed by atoms with Crippen molar-refractivity contribution in [1.82, 2.24) is 25.3 Å². The van der Waals surface area contributed by atoms with E-state index >= 15 is 0 Å². The van der Waals surface area contributed by atoms with Crippen molar-refractivity contribution in [3.05, 3.63) is 89.9 Å². The Morgan fingerprint density at radius 1 is 1.30 bits per heavy atom. The number of allylic oxidation sites excluding steroid dienone is 2. The Morgan fingerprint density at radius 3 is 2.83 bits per heavy atom. The summed E-state index contributed by atoms with van der Waals surface area (Å²) in [5, 5.41) is 9.75. The van der Waals surface area contributed by atoms with Gasteiger partial charge in [-0.2, -0.15) is 9.78 Å². The van der Waals surface area contributed by atoms with E-state index in [-0.39, 0.29) is 6.61 Å². The summed E-state index contributed by atoms with van der Waals surface area (Å²) in [5.74, 6) is 0.589. The molecule has 1 aliphatic heterocycles. The van der Waals surface area contributed by atoms with Crippen LogP contribution in [-0.2, 0) is 16.0 Å². The van der Waals surface area contributed by atoms with Crippen molar-refractivity contribution in [2.75, 3.05) is 20.7 Å². The van der Waals surface area contributed by atoms with Crippen LogP contribution in [0.1, 0.15) is 11.1 Å². The van der Waals surface area contributed by atoms with Crippen molar-refractivity contribution in [3.63, 3.8) is 0 Å². The van der Waals surface area contributed by atoms with E-state index in [0.717, 1.165) is 16.8 Å². The van der Waals surface area contributed by atoms with E-state index < -0.39 is 12.1 Å². The summed E-state index contributed by atoms with van der Waals surface area (Å²) in [5.41, 5.74) is 2.84. The molecule has 0 spiro atoms. The summed E-state index contributed by atoms with van der Waals surface area (Å²) in [7, 11) is 3.78. The number of nitrogens with zero attached hydrogens (tertiary/aromatic N) is 3. The Labute approximate surface area is 175 Å². The first kappa shape index (κ1) is 20.9. The van der Waals surface area contributed by atoms with Crippen LogP contribution in [0, 0.1) is 0 Å². The molecule has 0 saturated carbocycles. The lowest BCUT2D eigenvalue weighted by molar-refractivity contribution is -0.110. The second-order valence-electron chi connectivity index (χ2n) is 6.94. The molecule has 0 bridgehead atoms. The minimum absolute atomic E-state index is 0.00175. The molecule has 1 aliphatic rings. The highest BCUT2D eigenvalue weighted by atomic mass is 16.5. The van der Waals surface area contributed by atoms with Gasteiger partial charge in [-0.25, -0.2) is 4.79 Å². The Hall–Kier alpha value is -3.81. The van der Waals surface area contributed by atoms with Crippen LogP contribution in [0.2, 0.25) is 0 Å². The number of amides is 1. The topological polar surface area (TPSA) is 88.5 Å². The first-order valence-corrected chi connectivity index (χ1v) is 9.54. The molecule has 1 amide bonds. The van der Waals surface area contributed by atoms with Crippen LogP contribution < -0.4 is 10.6 Å². The third-order valence-electron chi connectivity index (χ3n) is 4.38. The quantitative estimate of drug-likeness (QED) is 0.651. The number of nitrogens with one attached hydrogen (secondary N) is 2. The summed E-state index contributed by atoms with van der Waals surface area (Å²) >= 11 is 0. The second-order valence-corrected chi connectivity index (χ2v) is 6.94. The predicted octanol–water partition coefficient (Wildman–Crippen LogP) is 2.02. The number of benzene rings is 1. The maximum absolute atomic E-state index is 12.5. The maximum atomic E-state index is 12.5. The highest BCUT2D eigenvalue weighted by Gasteiger charge is 2.17. The molecule has 2 N–H and O–H groups in total. The highest BCUT2D eigenvalue weighted by molar-refractivity contribution is 5.79. The van der Waals surface area contributed by atoms with Crippen LogP contribution in [0.5, 0.6) is 0 Å². The predicted molar refractivity (Wildman–Crippen MR) is 113 cm³/mol. The Kier molecular flexibility index (Phi) is 7.05. The molecule has 0 unspecified atom stereocenters. The van der Waals surface area contributed by atoms with E-state index in [2.05, 4.69) is 15.7 Å². The number of aldehydes is 1. The Morgan fingerprint density at radius 2 is 2.10 bits per heavy atom. The molecule has 1 aromatic carbocycles. The second kappa shape index (κ2) is 10.1. The number of likely N-dealkylation sites (N-methyl/N-ethyl adjacent to an activating group) is 1. The zero-order valence-electron chi connectivity index (χ0n) is 17.0. The van der Waals surface area contributed by atoms with Gasteiger partial charge in [0.25, 0.3) is 0 Å². The summed E-state index contributed by atoms with van der Waals surface area (Å²) in [6, 6.07) is 8.61. The van der Waals surface area contributed by atoms with Gasteiger partial charge in [-0.05, 0) is 23.3 Å². The average Bonchev–Trinajstić information content (AvgIpc) is 3.08. The van der Waals surface area contributed by atoms with Gasteiger partial charge in [-0.1, -0.05) is 30.3 Å². The van der Waals surface area contributed by atoms with Gasteiger partial charge in [0.05, 0.1) is 11.9 Å². The van der Waals surface area contributed by atoms with Gasteiger partial charge in [0.1, 0.15) is 24.7 Å². The van der Waals surface area contributed by atoms with Crippen molar-refractivity contribution in [2.24, 2.45) is 0 Å². The molecule has 1 aromatic heterocycles. The zero-order chi connectivity index (χ0) is 21.3. The molecule has 2 aromatic rings. The van der Waals surface area contributed by atoms with E-state index in [1.54, 1.807) is 36.9 Å². The smallest absolute Gasteiger partial charge is 0.342 e. The molecule has 1 atom stereocenters. The van der Waals surface area contributed by atoms with Crippen molar-refractivity contribution in [1.29, 1.82) is 0 Å². The molecular formula is C22H25N5O3. The number of rotatable bonds is 8. The fraction of sp³-hybridized carbons (Fsp3) is 0.227. The van der Waals surface area contributed by atoms with Crippen molar-refractivity contribution >= 4 is 12.3 Å². The van der Waals surface area contributed by atoms with Gasteiger partial charge < -0.3 is 25.1 Å². The SMILES string of the molecule is CN(C)C1=CNC=CC=C1OC[C@@H](C=O)NC(=O)n1cc(Cc2ccccc2)cn1. The summed E-state index contributed by atoms with van der Waals surface area (Å²) in [6.45, 7) is -0.00175. The number of ether oxygens (including phenoxy) is 1. The van der Waals surface area contributed by atoms with Gasteiger partial charge in [-0.15, -0.1) is 0 Å². The van der Waals surface area contributed by atoms with Crippen LogP contribution in [0.15, 0.2) is 78.7 Å². The third-order valence-corrected chi connectivity index (χ3v) is 4.38. The van der Waals surface area contributed by atoms with E-state index in [1.165, 1.54) is 4.68 Å². The van der Waals surface area contributed by atoms with Gasteiger partial charge in [0.2, 0.25) is 0 Å². The third kappa shape index (κ3) is 5.60. The molecule has 8 heteroatoms. The molecule has 0 fully saturated rings. The fourth-order valence-corrected chi connectivity index (χ4v) is 2.86. The summed E-state index contributed by atoms with van der Waals surface area (Å²) in [4.78, 5) is 25.8. The average molecular weight is 407 g/mol. The van der Waals surface area contributed by atoms with Crippen molar-refractivity contribution in [3.8, 4) is 0 Å². The van der Waals surface area contributed by atoms with Gasteiger partial charge in [0, 0.05) is 39.1 Å². The Bertz CT molecular complexity index is 960. The molecule has 0 radical (unpaired) electrons. The van der Waals surface area contributed by atoms with Crippen LogP contribution in [0.25, 0.3) is 0 Å². The summed E-state index contributed by atoms with van der Waals surface area (Å²) in [6.07, 6.45) is 11.8. The molecule has 156 valence electrons. The molecular weight excluding hydrogens is 382 g/mol. The minimum Gasteiger partial charge on any atom is -0.489 e.